The summed E-state index contributed by atoms with van der Waals surface area (Å²) in [5.41, 5.74) is 0.791. The molecule has 0 aliphatic heterocycles. The minimum atomic E-state index is -1.19. The van der Waals surface area contributed by atoms with E-state index < -0.39 is 24.4 Å². The second kappa shape index (κ2) is 8.43. The lowest BCUT2D eigenvalue weighted by atomic mass is 10.1. The van der Waals surface area contributed by atoms with Gasteiger partial charge in [0.15, 0.2) is 0 Å². The van der Waals surface area contributed by atoms with Gasteiger partial charge in [0, 0.05) is 12.6 Å². The van der Waals surface area contributed by atoms with Gasteiger partial charge in [0.05, 0.1) is 11.1 Å². The second-order valence-electron chi connectivity index (χ2n) is 5.22. The standard InChI is InChI=1S/C18H16N2O6/c1-11(21)20-13-8-6-12(7-9-13)18(25)26-15-5-3-2-4-14(15)17(24)19-10-16(22)23/h2-9H,10H2,1H3,(H,19,24)(H,20,21)(H,22,23). The number of anilines is 1. The predicted octanol–water partition coefficient (Wildman–Crippen LogP) is 1.68. The van der Waals surface area contributed by atoms with Crippen LogP contribution in [0.15, 0.2) is 48.5 Å². The van der Waals surface area contributed by atoms with Gasteiger partial charge in [-0.2, -0.15) is 0 Å². The topological polar surface area (TPSA) is 122 Å². The minimum Gasteiger partial charge on any atom is -0.480 e. The van der Waals surface area contributed by atoms with E-state index in [1.807, 2.05) is 0 Å². The van der Waals surface area contributed by atoms with Gasteiger partial charge in [-0.1, -0.05) is 12.1 Å². The molecule has 0 heterocycles. The van der Waals surface area contributed by atoms with Gasteiger partial charge < -0.3 is 20.5 Å². The molecule has 0 saturated carbocycles. The van der Waals surface area contributed by atoms with E-state index in [9.17, 15) is 19.2 Å². The zero-order valence-electron chi connectivity index (χ0n) is 13.8. The van der Waals surface area contributed by atoms with E-state index in [-0.39, 0.29) is 22.8 Å². The first kappa shape index (κ1) is 18.7. The van der Waals surface area contributed by atoms with E-state index >= 15 is 0 Å². The van der Waals surface area contributed by atoms with E-state index in [1.54, 1.807) is 24.3 Å². The van der Waals surface area contributed by atoms with Gasteiger partial charge in [0.25, 0.3) is 5.91 Å². The molecule has 0 aromatic heterocycles. The molecule has 0 atom stereocenters. The number of amides is 2. The van der Waals surface area contributed by atoms with Crippen LogP contribution in [0.3, 0.4) is 0 Å². The number of ether oxygens (including phenoxy) is 1. The molecule has 0 radical (unpaired) electrons. The van der Waals surface area contributed by atoms with Crippen LogP contribution in [-0.2, 0) is 9.59 Å². The summed E-state index contributed by atoms with van der Waals surface area (Å²) in [6, 6.07) is 12.0. The molecule has 8 nitrogen and oxygen atoms in total. The lowest BCUT2D eigenvalue weighted by Gasteiger charge is -2.10. The zero-order chi connectivity index (χ0) is 19.1. The van der Waals surface area contributed by atoms with Crippen LogP contribution in [0.25, 0.3) is 0 Å². The smallest absolute Gasteiger partial charge is 0.343 e. The lowest BCUT2D eigenvalue weighted by Crippen LogP contribution is -2.29. The first-order valence-corrected chi connectivity index (χ1v) is 7.55. The van der Waals surface area contributed by atoms with Crippen molar-refractivity contribution in [1.82, 2.24) is 5.32 Å². The molecular weight excluding hydrogens is 340 g/mol. The number of esters is 1. The van der Waals surface area contributed by atoms with Crippen LogP contribution in [0.1, 0.15) is 27.6 Å². The van der Waals surface area contributed by atoms with Crippen LogP contribution < -0.4 is 15.4 Å². The summed E-state index contributed by atoms with van der Waals surface area (Å²) < 4.78 is 5.25. The zero-order valence-corrected chi connectivity index (χ0v) is 13.8. The summed E-state index contributed by atoms with van der Waals surface area (Å²) >= 11 is 0. The predicted molar refractivity (Wildman–Crippen MR) is 92.1 cm³/mol. The van der Waals surface area contributed by atoms with Gasteiger partial charge in [-0.25, -0.2) is 4.79 Å². The average molecular weight is 356 g/mol. The lowest BCUT2D eigenvalue weighted by molar-refractivity contribution is -0.135. The number of aliphatic carboxylic acids is 1. The number of carbonyl (C=O) groups is 4. The Labute approximate surface area is 148 Å². The maximum absolute atomic E-state index is 12.3. The number of carboxylic acids is 1. The maximum Gasteiger partial charge on any atom is 0.343 e. The third kappa shape index (κ3) is 5.17. The van der Waals surface area contributed by atoms with E-state index in [2.05, 4.69) is 10.6 Å². The maximum atomic E-state index is 12.3. The molecule has 3 N–H and O–H groups in total. The second-order valence-corrected chi connectivity index (χ2v) is 5.22. The Morgan fingerprint density at radius 3 is 2.27 bits per heavy atom. The molecule has 0 spiro atoms. The first-order valence-electron chi connectivity index (χ1n) is 7.55. The monoisotopic (exact) mass is 356 g/mol. The summed E-state index contributed by atoms with van der Waals surface area (Å²) in [5.74, 6) is -2.78. The summed E-state index contributed by atoms with van der Waals surface area (Å²) in [7, 11) is 0. The molecule has 134 valence electrons. The molecule has 0 aliphatic rings. The average Bonchev–Trinajstić information content (AvgIpc) is 2.60. The van der Waals surface area contributed by atoms with Gasteiger partial charge in [0.2, 0.25) is 5.91 Å². The molecule has 26 heavy (non-hydrogen) atoms. The first-order chi connectivity index (χ1) is 12.4. The molecule has 8 heteroatoms. The van der Waals surface area contributed by atoms with Crippen molar-refractivity contribution in [2.75, 3.05) is 11.9 Å². The number of rotatable bonds is 6. The number of carboxylic acid groups (broad SMARTS) is 1. The van der Waals surface area contributed by atoms with Gasteiger partial charge in [0.1, 0.15) is 12.3 Å². The highest BCUT2D eigenvalue weighted by atomic mass is 16.5. The molecule has 2 rings (SSSR count). The van der Waals surface area contributed by atoms with Crippen LogP contribution in [0, 0.1) is 0 Å². The van der Waals surface area contributed by atoms with Crippen molar-refractivity contribution < 1.29 is 29.0 Å². The van der Waals surface area contributed by atoms with Crippen molar-refractivity contribution in [2.24, 2.45) is 0 Å². The van der Waals surface area contributed by atoms with Crippen LogP contribution in [0.4, 0.5) is 5.69 Å². The number of para-hydroxylation sites is 1. The van der Waals surface area contributed by atoms with Crippen LogP contribution in [-0.4, -0.2) is 35.4 Å². The fourth-order valence-electron chi connectivity index (χ4n) is 2.05. The SMILES string of the molecule is CC(=O)Nc1ccc(C(=O)Oc2ccccc2C(=O)NCC(=O)O)cc1. The number of hydrogen-bond acceptors (Lipinski definition) is 5. The molecule has 0 bridgehead atoms. The Morgan fingerprint density at radius 1 is 1.00 bits per heavy atom. The van der Waals surface area contributed by atoms with Crippen molar-refractivity contribution in [3.05, 3.63) is 59.7 Å². The molecule has 2 amide bonds. The minimum absolute atomic E-state index is 0.00586. The largest absolute Gasteiger partial charge is 0.480 e. The number of hydrogen-bond donors (Lipinski definition) is 3. The third-order valence-electron chi connectivity index (χ3n) is 3.18. The number of nitrogens with one attached hydrogen (secondary N) is 2. The Hall–Kier alpha value is -3.68. The highest BCUT2D eigenvalue weighted by Gasteiger charge is 2.16. The van der Waals surface area contributed by atoms with E-state index in [0.717, 1.165) is 0 Å². The van der Waals surface area contributed by atoms with Crippen LogP contribution in [0.5, 0.6) is 5.75 Å². The molecule has 0 saturated heterocycles. The molecule has 0 unspecified atom stereocenters. The Kier molecular flexibility index (Phi) is 6.05. The van der Waals surface area contributed by atoms with E-state index in [1.165, 1.54) is 31.2 Å². The molecular formula is C18H16N2O6. The summed E-state index contributed by atoms with van der Waals surface area (Å²) in [4.78, 5) is 45.8. The van der Waals surface area contributed by atoms with Gasteiger partial charge in [-0.05, 0) is 36.4 Å². The van der Waals surface area contributed by atoms with Crippen molar-refractivity contribution in [2.45, 2.75) is 6.92 Å². The fourth-order valence-corrected chi connectivity index (χ4v) is 2.05. The number of benzene rings is 2. The highest BCUT2D eigenvalue weighted by Crippen LogP contribution is 2.20. The normalized spacial score (nSPS) is 9.88. The van der Waals surface area contributed by atoms with Crippen molar-refractivity contribution in [3.63, 3.8) is 0 Å². The summed E-state index contributed by atoms with van der Waals surface area (Å²) in [6.07, 6.45) is 0. The van der Waals surface area contributed by atoms with Crippen molar-refractivity contribution in [3.8, 4) is 5.75 Å². The molecule has 2 aromatic rings. The molecule has 0 fully saturated rings. The third-order valence-corrected chi connectivity index (χ3v) is 3.18. The highest BCUT2D eigenvalue weighted by molar-refractivity contribution is 6.00. The Balaban J connectivity index is 2.12. The van der Waals surface area contributed by atoms with E-state index in [0.29, 0.717) is 5.69 Å². The molecule has 2 aromatic carbocycles. The van der Waals surface area contributed by atoms with Gasteiger partial charge >= 0.3 is 11.9 Å². The van der Waals surface area contributed by atoms with Crippen molar-refractivity contribution in [1.29, 1.82) is 0 Å². The molecule has 0 aliphatic carbocycles. The van der Waals surface area contributed by atoms with Gasteiger partial charge in [-0.3, -0.25) is 14.4 Å². The van der Waals surface area contributed by atoms with E-state index in [4.69, 9.17) is 9.84 Å². The van der Waals surface area contributed by atoms with Gasteiger partial charge in [-0.15, -0.1) is 0 Å². The summed E-state index contributed by atoms with van der Waals surface area (Å²) in [6.45, 7) is 0.820. The quantitative estimate of drug-likeness (QED) is 0.535. The van der Waals surface area contributed by atoms with Crippen LogP contribution >= 0.6 is 0 Å². The van der Waals surface area contributed by atoms with Crippen molar-refractivity contribution >= 4 is 29.4 Å². The summed E-state index contributed by atoms with van der Waals surface area (Å²) in [5, 5.41) is 13.4. The number of carbonyl (C=O) groups excluding carboxylic acids is 3. The fraction of sp³-hybridized carbons (Fsp3) is 0.111. The van der Waals surface area contributed by atoms with Crippen LogP contribution in [0.2, 0.25) is 0 Å². The Morgan fingerprint density at radius 2 is 1.65 bits per heavy atom. The Bertz CT molecular complexity index is 845.